The van der Waals surface area contributed by atoms with Crippen LogP contribution in [-0.2, 0) is 0 Å². The van der Waals surface area contributed by atoms with Crippen molar-refractivity contribution < 1.29 is 9.66 Å². The summed E-state index contributed by atoms with van der Waals surface area (Å²) >= 11 is 0. The summed E-state index contributed by atoms with van der Waals surface area (Å²) in [4.78, 5) is 17.8. The zero-order chi connectivity index (χ0) is 13.7. The Morgan fingerprint density at radius 3 is 2.72 bits per heavy atom. The van der Waals surface area contributed by atoms with E-state index in [9.17, 15) is 10.1 Å². The van der Waals surface area contributed by atoms with Gasteiger partial charge in [-0.2, -0.15) is 4.98 Å². The second kappa shape index (κ2) is 6.10. The van der Waals surface area contributed by atoms with E-state index in [0.717, 1.165) is 12.6 Å². The van der Waals surface area contributed by atoms with Gasteiger partial charge in [0.1, 0.15) is 6.20 Å². The fraction of sp³-hybridized carbons (Fsp3) is 0.600. The van der Waals surface area contributed by atoms with Crippen LogP contribution in [0.4, 0.5) is 11.6 Å². The summed E-state index contributed by atoms with van der Waals surface area (Å²) in [5.41, 5.74) is 1.95. The van der Waals surface area contributed by atoms with Crippen molar-refractivity contribution in [1.29, 1.82) is 0 Å². The molecule has 0 amide bonds. The number of ether oxygens (including phenoxy) is 1. The minimum Gasteiger partial charge on any atom is -0.470 e. The first-order valence-corrected chi connectivity index (χ1v) is 5.58. The predicted molar refractivity (Wildman–Crippen MR) is 66.0 cm³/mol. The monoisotopic (exact) mass is 255 g/mol. The number of hydrogen-bond donors (Lipinski definition) is 2. The molecule has 0 aliphatic carbocycles. The molecule has 3 N–H and O–H groups in total. The van der Waals surface area contributed by atoms with Crippen molar-refractivity contribution in [3.8, 4) is 5.88 Å². The van der Waals surface area contributed by atoms with Crippen LogP contribution in [0.2, 0.25) is 0 Å². The minimum absolute atomic E-state index is 0.0731. The van der Waals surface area contributed by atoms with E-state index in [1.807, 2.05) is 20.8 Å². The van der Waals surface area contributed by atoms with Crippen LogP contribution in [0.5, 0.6) is 5.88 Å². The average Bonchev–Trinajstić information content (AvgIpc) is 2.27. The van der Waals surface area contributed by atoms with Crippen LogP contribution < -0.4 is 16.0 Å². The molecule has 0 aliphatic heterocycles. The molecule has 0 saturated carbocycles. The molecule has 0 aromatic carbocycles. The standard InChI is InChI=1S/C10H17N5O3/c1-6(2)4-7(3)18-9-8(15(16)17)5-12-10(13-9)14-11/h5-7H,4,11H2,1-3H3,(H,12,13,14). The largest absolute Gasteiger partial charge is 0.470 e. The fourth-order valence-electron chi connectivity index (χ4n) is 1.54. The normalized spacial score (nSPS) is 12.3. The molecular formula is C10H17N5O3. The molecule has 8 heteroatoms. The number of nitro groups is 1. The number of nitrogens with one attached hydrogen (secondary N) is 1. The maximum Gasteiger partial charge on any atom is 0.349 e. The Labute approximate surface area is 105 Å². The SMILES string of the molecule is CC(C)CC(C)Oc1nc(NN)ncc1[N+](=O)[O-]. The summed E-state index contributed by atoms with van der Waals surface area (Å²) in [5, 5.41) is 10.8. The lowest BCUT2D eigenvalue weighted by Crippen LogP contribution is -2.17. The fourth-order valence-corrected chi connectivity index (χ4v) is 1.54. The summed E-state index contributed by atoms with van der Waals surface area (Å²) in [7, 11) is 0. The van der Waals surface area contributed by atoms with Gasteiger partial charge in [-0.15, -0.1) is 0 Å². The molecule has 0 fully saturated rings. The molecule has 1 aromatic rings. The summed E-state index contributed by atoms with van der Waals surface area (Å²) in [6.07, 6.45) is 1.66. The highest BCUT2D eigenvalue weighted by Gasteiger charge is 2.21. The first-order valence-electron chi connectivity index (χ1n) is 5.58. The van der Waals surface area contributed by atoms with E-state index >= 15 is 0 Å². The van der Waals surface area contributed by atoms with E-state index in [4.69, 9.17) is 10.6 Å². The molecule has 0 spiro atoms. The van der Waals surface area contributed by atoms with Gasteiger partial charge in [0.25, 0.3) is 5.88 Å². The molecule has 1 unspecified atom stereocenters. The molecule has 100 valence electrons. The molecule has 8 nitrogen and oxygen atoms in total. The Kier molecular flexibility index (Phi) is 4.78. The topological polar surface area (TPSA) is 116 Å². The highest BCUT2D eigenvalue weighted by Crippen LogP contribution is 2.26. The predicted octanol–water partition coefficient (Wildman–Crippen LogP) is 1.48. The van der Waals surface area contributed by atoms with Crippen LogP contribution in [0.1, 0.15) is 27.2 Å². The van der Waals surface area contributed by atoms with Gasteiger partial charge in [-0.05, 0) is 19.3 Å². The van der Waals surface area contributed by atoms with Gasteiger partial charge in [0, 0.05) is 0 Å². The van der Waals surface area contributed by atoms with Gasteiger partial charge in [0.2, 0.25) is 5.95 Å². The Hall–Kier alpha value is -1.96. The van der Waals surface area contributed by atoms with Crippen LogP contribution in [0.25, 0.3) is 0 Å². The van der Waals surface area contributed by atoms with Crippen LogP contribution in [0.3, 0.4) is 0 Å². The second-order valence-corrected chi connectivity index (χ2v) is 4.34. The lowest BCUT2D eigenvalue weighted by Gasteiger charge is -2.15. The number of nitrogen functional groups attached to an aromatic ring is 1. The lowest BCUT2D eigenvalue weighted by molar-refractivity contribution is -0.386. The number of nitrogens with two attached hydrogens (primary N) is 1. The maximum absolute atomic E-state index is 10.8. The number of hydrazine groups is 1. The molecule has 0 bridgehead atoms. The molecule has 0 saturated heterocycles. The quantitative estimate of drug-likeness (QED) is 0.449. The van der Waals surface area contributed by atoms with Crippen LogP contribution in [0, 0.1) is 16.0 Å². The van der Waals surface area contributed by atoms with Crippen molar-refractivity contribution in [3.05, 3.63) is 16.3 Å². The first kappa shape index (κ1) is 14.1. The summed E-state index contributed by atoms with van der Waals surface area (Å²) in [6.45, 7) is 5.92. The van der Waals surface area contributed by atoms with E-state index in [2.05, 4.69) is 15.4 Å². The van der Waals surface area contributed by atoms with Gasteiger partial charge in [-0.3, -0.25) is 15.5 Å². The van der Waals surface area contributed by atoms with Crippen molar-refractivity contribution >= 4 is 11.6 Å². The van der Waals surface area contributed by atoms with Crippen LogP contribution in [-0.4, -0.2) is 21.0 Å². The van der Waals surface area contributed by atoms with Gasteiger partial charge in [-0.1, -0.05) is 13.8 Å². The number of nitrogens with zero attached hydrogens (tertiary/aromatic N) is 3. The zero-order valence-electron chi connectivity index (χ0n) is 10.6. The van der Waals surface area contributed by atoms with Gasteiger partial charge in [0.05, 0.1) is 11.0 Å². The van der Waals surface area contributed by atoms with Gasteiger partial charge in [0.15, 0.2) is 0 Å². The molecule has 1 heterocycles. The third-order valence-corrected chi connectivity index (χ3v) is 2.18. The van der Waals surface area contributed by atoms with E-state index < -0.39 is 4.92 Å². The van der Waals surface area contributed by atoms with Gasteiger partial charge in [-0.25, -0.2) is 10.8 Å². The highest BCUT2D eigenvalue weighted by molar-refractivity contribution is 5.42. The molecule has 1 atom stereocenters. The number of rotatable bonds is 6. The molecule has 1 aromatic heterocycles. The molecule has 1 rings (SSSR count). The third-order valence-electron chi connectivity index (χ3n) is 2.18. The van der Waals surface area contributed by atoms with E-state index in [1.54, 1.807) is 0 Å². The minimum atomic E-state index is -0.586. The Morgan fingerprint density at radius 1 is 1.56 bits per heavy atom. The van der Waals surface area contributed by atoms with E-state index in [0.29, 0.717) is 5.92 Å². The van der Waals surface area contributed by atoms with Crippen molar-refractivity contribution in [3.63, 3.8) is 0 Å². The van der Waals surface area contributed by atoms with Crippen molar-refractivity contribution in [2.75, 3.05) is 5.43 Å². The first-order chi connectivity index (χ1) is 8.43. The Morgan fingerprint density at radius 2 is 2.22 bits per heavy atom. The van der Waals surface area contributed by atoms with Gasteiger partial charge >= 0.3 is 5.69 Å². The van der Waals surface area contributed by atoms with Gasteiger partial charge < -0.3 is 4.74 Å². The maximum atomic E-state index is 10.8. The smallest absolute Gasteiger partial charge is 0.349 e. The Balaban J connectivity index is 2.93. The average molecular weight is 255 g/mol. The van der Waals surface area contributed by atoms with E-state index in [-0.39, 0.29) is 23.6 Å². The molecule has 0 aliphatic rings. The molecule has 18 heavy (non-hydrogen) atoms. The Bertz CT molecular complexity index is 424. The second-order valence-electron chi connectivity index (χ2n) is 4.34. The van der Waals surface area contributed by atoms with Crippen molar-refractivity contribution in [1.82, 2.24) is 9.97 Å². The molecule has 0 radical (unpaired) electrons. The van der Waals surface area contributed by atoms with Crippen LogP contribution >= 0.6 is 0 Å². The van der Waals surface area contributed by atoms with Crippen LogP contribution in [0.15, 0.2) is 6.20 Å². The van der Waals surface area contributed by atoms with E-state index in [1.165, 1.54) is 0 Å². The van der Waals surface area contributed by atoms with Crippen molar-refractivity contribution in [2.45, 2.75) is 33.3 Å². The summed E-state index contributed by atoms with van der Waals surface area (Å²) in [5.74, 6) is 5.58. The lowest BCUT2D eigenvalue weighted by atomic mass is 10.1. The number of aromatic nitrogens is 2. The third kappa shape index (κ3) is 3.81. The molecular weight excluding hydrogens is 238 g/mol. The summed E-state index contributed by atoms with van der Waals surface area (Å²) in [6, 6.07) is 0. The number of anilines is 1. The number of hydrogen-bond acceptors (Lipinski definition) is 7. The zero-order valence-corrected chi connectivity index (χ0v) is 10.6. The highest BCUT2D eigenvalue weighted by atomic mass is 16.6. The van der Waals surface area contributed by atoms with Crippen molar-refractivity contribution in [2.24, 2.45) is 11.8 Å². The summed E-state index contributed by atoms with van der Waals surface area (Å²) < 4.78 is 5.47.